The fourth-order valence-corrected chi connectivity index (χ4v) is 3.08. The first-order chi connectivity index (χ1) is 13.5. The van der Waals surface area contributed by atoms with E-state index in [0.29, 0.717) is 6.54 Å². The Labute approximate surface area is 170 Å². The fourth-order valence-electron chi connectivity index (χ4n) is 2.82. The maximum absolute atomic E-state index is 13.9. The summed E-state index contributed by atoms with van der Waals surface area (Å²) in [6.07, 6.45) is 0.731. The van der Waals surface area contributed by atoms with E-state index in [-0.39, 0.29) is 5.69 Å². The standard InChI is InChI=1S/C22H19BrF2N2O/c23-17-8-6-15(7-9-17)12-13-26-21(16-4-2-1-3-5-16)22(28)27-20-11-10-18(24)14-19(20)25/h1-11,14,21,26H,12-13H2,(H,27,28)/t21-/m1/s1. The number of rotatable bonds is 7. The molecule has 28 heavy (non-hydrogen) atoms. The molecule has 1 amide bonds. The molecule has 0 radical (unpaired) electrons. The van der Waals surface area contributed by atoms with Crippen LogP contribution in [0.3, 0.4) is 0 Å². The molecule has 0 aliphatic rings. The van der Waals surface area contributed by atoms with Crippen LogP contribution in [0.4, 0.5) is 14.5 Å². The quantitative estimate of drug-likeness (QED) is 0.523. The zero-order valence-electron chi connectivity index (χ0n) is 15.0. The summed E-state index contributed by atoms with van der Waals surface area (Å²) >= 11 is 3.41. The Bertz CT molecular complexity index is 933. The molecular formula is C22H19BrF2N2O. The number of carbonyl (C=O) groups is 1. The topological polar surface area (TPSA) is 41.1 Å². The molecule has 0 unspecified atom stereocenters. The number of benzene rings is 3. The average molecular weight is 445 g/mol. The lowest BCUT2D eigenvalue weighted by molar-refractivity contribution is -0.118. The van der Waals surface area contributed by atoms with Gasteiger partial charge in [0, 0.05) is 17.1 Å². The second-order valence-electron chi connectivity index (χ2n) is 6.29. The van der Waals surface area contributed by atoms with Gasteiger partial charge >= 0.3 is 0 Å². The third-order valence-electron chi connectivity index (χ3n) is 4.26. The average Bonchev–Trinajstić information content (AvgIpc) is 2.69. The summed E-state index contributed by atoms with van der Waals surface area (Å²) in [4.78, 5) is 12.8. The summed E-state index contributed by atoms with van der Waals surface area (Å²) in [6.45, 7) is 0.556. The molecule has 3 rings (SSSR count). The molecule has 3 aromatic rings. The first-order valence-electron chi connectivity index (χ1n) is 8.81. The van der Waals surface area contributed by atoms with Gasteiger partial charge in [0.15, 0.2) is 0 Å². The Morgan fingerprint density at radius 1 is 0.964 bits per heavy atom. The Hall–Kier alpha value is -2.57. The third kappa shape index (κ3) is 5.47. The Balaban J connectivity index is 1.71. The summed E-state index contributed by atoms with van der Waals surface area (Å²) in [5.74, 6) is -1.91. The van der Waals surface area contributed by atoms with Crippen molar-refractivity contribution in [3.05, 3.63) is 100 Å². The number of anilines is 1. The highest BCUT2D eigenvalue weighted by Gasteiger charge is 2.21. The van der Waals surface area contributed by atoms with E-state index in [1.54, 1.807) is 0 Å². The largest absolute Gasteiger partial charge is 0.322 e. The van der Waals surface area contributed by atoms with Crippen molar-refractivity contribution in [3.8, 4) is 0 Å². The zero-order valence-corrected chi connectivity index (χ0v) is 16.5. The number of amides is 1. The van der Waals surface area contributed by atoms with E-state index >= 15 is 0 Å². The lowest BCUT2D eigenvalue weighted by Gasteiger charge is -2.19. The van der Waals surface area contributed by atoms with Gasteiger partial charge in [-0.15, -0.1) is 0 Å². The normalized spacial score (nSPS) is 11.8. The number of nitrogens with one attached hydrogen (secondary N) is 2. The minimum Gasteiger partial charge on any atom is -0.322 e. The highest BCUT2D eigenvalue weighted by atomic mass is 79.9. The van der Waals surface area contributed by atoms with Crippen LogP contribution in [0.5, 0.6) is 0 Å². The molecule has 2 N–H and O–H groups in total. The highest BCUT2D eigenvalue weighted by Crippen LogP contribution is 2.19. The molecule has 1 atom stereocenters. The zero-order chi connectivity index (χ0) is 19.9. The van der Waals surface area contributed by atoms with Crippen molar-refractivity contribution in [2.45, 2.75) is 12.5 Å². The first kappa shape index (κ1) is 20.2. The Morgan fingerprint density at radius 3 is 2.36 bits per heavy atom. The smallest absolute Gasteiger partial charge is 0.246 e. The number of hydrogen-bond acceptors (Lipinski definition) is 2. The molecule has 0 fully saturated rings. The van der Waals surface area contributed by atoms with Gasteiger partial charge in [0.1, 0.15) is 17.7 Å². The van der Waals surface area contributed by atoms with Gasteiger partial charge in [-0.05, 0) is 41.8 Å². The van der Waals surface area contributed by atoms with E-state index < -0.39 is 23.6 Å². The van der Waals surface area contributed by atoms with E-state index in [2.05, 4.69) is 26.6 Å². The Kier molecular flexibility index (Phi) is 6.90. The molecule has 0 saturated heterocycles. The van der Waals surface area contributed by atoms with Crippen LogP contribution in [0, 0.1) is 11.6 Å². The molecule has 0 aliphatic carbocycles. The van der Waals surface area contributed by atoms with Crippen molar-refractivity contribution in [2.75, 3.05) is 11.9 Å². The molecule has 0 saturated carbocycles. The van der Waals surface area contributed by atoms with Crippen LogP contribution in [-0.2, 0) is 11.2 Å². The molecule has 3 aromatic carbocycles. The maximum Gasteiger partial charge on any atom is 0.246 e. The van der Waals surface area contributed by atoms with Crippen LogP contribution < -0.4 is 10.6 Å². The molecule has 3 nitrogen and oxygen atoms in total. The van der Waals surface area contributed by atoms with Gasteiger partial charge in [0.05, 0.1) is 5.69 Å². The van der Waals surface area contributed by atoms with Crippen molar-refractivity contribution < 1.29 is 13.6 Å². The highest BCUT2D eigenvalue weighted by molar-refractivity contribution is 9.10. The first-order valence-corrected chi connectivity index (χ1v) is 9.61. The van der Waals surface area contributed by atoms with Crippen LogP contribution in [0.2, 0.25) is 0 Å². The molecule has 0 bridgehead atoms. The second kappa shape index (κ2) is 9.57. The predicted octanol–water partition coefficient (Wildman–Crippen LogP) is 5.24. The SMILES string of the molecule is O=C(Nc1ccc(F)cc1F)[C@H](NCCc1ccc(Br)cc1)c1ccccc1. The molecule has 0 spiro atoms. The minimum atomic E-state index is -0.810. The predicted molar refractivity (Wildman–Crippen MR) is 110 cm³/mol. The summed E-state index contributed by atoms with van der Waals surface area (Å²) in [6, 6.07) is 19.6. The van der Waals surface area contributed by atoms with Crippen molar-refractivity contribution in [1.82, 2.24) is 5.32 Å². The van der Waals surface area contributed by atoms with Gasteiger partial charge in [-0.25, -0.2) is 8.78 Å². The van der Waals surface area contributed by atoms with Crippen LogP contribution in [-0.4, -0.2) is 12.5 Å². The maximum atomic E-state index is 13.9. The van der Waals surface area contributed by atoms with Gasteiger partial charge in [-0.1, -0.05) is 58.4 Å². The van der Waals surface area contributed by atoms with E-state index in [1.165, 1.54) is 6.07 Å². The monoisotopic (exact) mass is 444 g/mol. The van der Waals surface area contributed by atoms with Crippen molar-refractivity contribution in [1.29, 1.82) is 0 Å². The lowest BCUT2D eigenvalue weighted by Crippen LogP contribution is -2.34. The molecule has 0 heterocycles. The summed E-state index contributed by atoms with van der Waals surface area (Å²) in [5, 5.41) is 5.77. The van der Waals surface area contributed by atoms with Crippen molar-refractivity contribution in [2.24, 2.45) is 0 Å². The number of hydrogen-bond donors (Lipinski definition) is 2. The minimum absolute atomic E-state index is 0.0537. The summed E-state index contributed by atoms with van der Waals surface area (Å²) in [5.41, 5.74) is 1.84. The third-order valence-corrected chi connectivity index (χ3v) is 4.79. The number of carbonyl (C=O) groups excluding carboxylic acids is 1. The molecule has 6 heteroatoms. The van der Waals surface area contributed by atoms with Crippen LogP contribution in [0.25, 0.3) is 0 Å². The molecule has 144 valence electrons. The van der Waals surface area contributed by atoms with Crippen LogP contribution in [0.15, 0.2) is 77.3 Å². The summed E-state index contributed by atoms with van der Waals surface area (Å²) in [7, 11) is 0. The van der Waals surface area contributed by atoms with E-state index in [4.69, 9.17) is 0 Å². The molecule has 0 aromatic heterocycles. The molecular weight excluding hydrogens is 426 g/mol. The fraction of sp³-hybridized carbons (Fsp3) is 0.136. The van der Waals surface area contributed by atoms with Crippen LogP contribution >= 0.6 is 15.9 Å². The van der Waals surface area contributed by atoms with Gasteiger partial charge in [-0.2, -0.15) is 0 Å². The van der Waals surface area contributed by atoms with Crippen molar-refractivity contribution >= 4 is 27.5 Å². The number of halogens is 3. The van der Waals surface area contributed by atoms with Gasteiger partial charge in [0.25, 0.3) is 0 Å². The van der Waals surface area contributed by atoms with Gasteiger partial charge < -0.3 is 10.6 Å². The molecule has 0 aliphatic heterocycles. The van der Waals surface area contributed by atoms with E-state index in [0.717, 1.165) is 34.2 Å². The second-order valence-corrected chi connectivity index (χ2v) is 7.20. The van der Waals surface area contributed by atoms with Crippen molar-refractivity contribution in [3.63, 3.8) is 0 Å². The van der Waals surface area contributed by atoms with Crippen LogP contribution in [0.1, 0.15) is 17.2 Å². The van der Waals surface area contributed by atoms with E-state index in [9.17, 15) is 13.6 Å². The van der Waals surface area contributed by atoms with Gasteiger partial charge in [0.2, 0.25) is 5.91 Å². The van der Waals surface area contributed by atoms with Gasteiger partial charge in [-0.3, -0.25) is 4.79 Å². The summed E-state index contributed by atoms with van der Waals surface area (Å²) < 4.78 is 28.0. The Morgan fingerprint density at radius 2 is 1.68 bits per heavy atom. The van der Waals surface area contributed by atoms with E-state index in [1.807, 2.05) is 54.6 Å². The lowest BCUT2D eigenvalue weighted by atomic mass is 10.1.